The van der Waals surface area contributed by atoms with Gasteiger partial charge in [-0.2, -0.15) is 0 Å². The molecule has 2 aromatic rings. The molecule has 4 nitrogen and oxygen atoms in total. The van der Waals surface area contributed by atoms with E-state index in [0.29, 0.717) is 5.82 Å². The smallest absolute Gasteiger partial charge is 0.221 e. The normalized spacial score (nSPS) is 18.2. The van der Waals surface area contributed by atoms with Crippen LogP contribution in [0.25, 0.3) is 0 Å². The number of nitrogens with zero attached hydrogens (tertiary/aromatic N) is 2. The van der Waals surface area contributed by atoms with Crippen LogP contribution in [0.5, 0.6) is 11.5 Å². The molecule has 0 spiro atoms. The first-order chi connectivity index (χ1) is 10.8. The van der Waals surface area contributed by atoms with Crippen LogP contribution in [0.2, 0.25) is 0 Å². The molecule has 1 aromatic heterocycles. The molecule has 1 radical (unpaired) electrons. The Labute approximate surface area is 131 Å². The average Bonchev–Trinajstić information content (AvgIpc) is 2.56. The lowest BCUT2D eigenvalue weighted by Crippen LogP contribution is -2.43. The van der Waals surface area contributed by atoms with Crippen molar-refractivity contribution in [2.75, 3.05) is 11.4 Å². The minimum absolute atomic E-state index is 0.0414. The summed E-state index contributed by atoms with van der Waals surface area (Å²) in [5.74, 6) is 1.32. The zero-order chi connectivity index (χ0) is 15.4. The highest BCUT2D eigenvalue weighted by Crippen LogP contribution is 2.31. The molecule has 1 aliphatic heterocycles. The van der Waals surface area contributed by atoms with E-state index in [1.54, 1.807) is 18.3 Å². The third kappa shape index (κ3) is 3.16. The highest BCUT2D eigenvalue weighted by Gasteiger charge is 2.27. The van der Waals surface area contributed by atoms with Gasteiger partial charge in [0.05, 0.1) is 0 Å². The summed E-state index contributed by atoms with van der Waals surface area (Å²) in [5.41, 5.74) is 1.25. The number of aromatic nitrogens is 1. The highest BCUT2D eigenvalue weighted by molar-refractivity contribution is 5.51. The first-order valence-corrected chi connectivity index (χ1v) is 7.92. The predicted molar refractivity (Wildman–Crippen MR) is 85.8 cm³/mol. The molecule has 0 N–H and O–H groups in total. The van der Waals surface area contributed by atoms with Gasteiger partial charge in [-0.25, -0.2) is 4.98 Å². The fourth-order valence-electron chi connectivity index (χ4n) is 2.86. The Morgan fingerprint density at radius 2 is 2.18 bits per heavy atom. The van der Waals surface area contributed by atoms with Gasteiger partial charge in [0.1, 0.15) is 5.75 Å². The molecule has 1 atom stereocenters. The third-order valence-corrected chi connectivity index (χ3v) is 4.05. The molecule has 4 heteroatoms. The van der Waals surface area contributed by atoms with Crippen molar-refractivity contribution in [1.29, 1.82) is 0 Å². The van der Waals surface area contributed by atoms with E-state index in [1.807, 2.05) is 17.0 Å². The van der Waals surface area contributed by atoms with Crippen molar-refractivity contribution in [2.45, 2.75) is 38.8 Å². The Hall–Kier alpha value is -2.23. The maximum absolute atomic E-state index is 12.1. The first kappa shape index (κ1) is 14.7. The van der Waals surface area contributed by atoms with Crippen LogP contribution in [0, 0.1) is 0 Å². The molecule has 22 heavy (non-hydrogen) atoms. The van der Waals surface area contributed by atoms with E-state index >= 15 is 0 Å². The van der Waals surface area contributed by atoms with Gasteiger partial charge < -0.3 is 9.64 Å². The number of ether oxygens (including phenoxy) is 1. The van der Waals surface area contributed by atoms with Crippen molar-refractivity contribution in [2.24, 2.45) is 0 Å². The highest BCUT2D eigenvalue weighted by atomic mass is 16.5. The summed E-state index contributed by atoms with van der Waals surface area (Å²) < 4.78 is 6.17. The van der Waals surface area contributed by atoms with Gasteiger partial charge in [-0.1, -0.05) is 19.1 Å². The number of aryl methyl sites for hydroxylation is 1. The van der Waals surface area contributed by atoms with Gasteiger partial charge in [0, 0.05) is 19.2 Å². The first-order valence-electron chi connectivity index (χ1n) is 7.92. The lowest BCUT2D eigenvalue weighted by atomic mass is 10.1. The molecule has 1 saturated heterocycles. The maximum atomic E-state index is 12.1. The quantitative estimate of drug-likeness (QED) is 0.850. The molecular formula is C18H21N2O2. The molecule has 3 rings (SSSR count). The molecule has 1 unspecified atom stereocenters. The Morgan fingerprint density at radius 1 is 1.27 bits per heavy atom. The summed E-state index contributed by atoms with van der Waals surface area (Å²) in [6.07, 6.45) is 5.60. The van der Waals surface area contributed by atoms with Crippen LogP contribution in [0.4, 0.5) is 5.82 Å². The van der Waals surface area contributed by atoms with E-state index in [2.05, 4.69) is 24.0 Å². The van der Waals surface area contributed by atoms with Crippen LogP contribution < -0.4 is 9.64 Å². The SMILES string of the molecule is CCc1cccc(OC2CCCCN2c2ncccc2[O])c1. The number of benzene rings is 1. The second-order valence-corrected chi connectivity index (χ2v) is 5.59. The average molecular weight is 297 g/mol. The number of hydrogen-bond acceptors (Lipinski definition) is 3. The van der Waals surface area contributed by atoms with Crippen LogP contribution in [-0.4, -0.2) is 17.8 Å². The number of rotatable bonds is 4. The lowest BCUT2D eigenvalue weighted by molar-refractivity contribution is 0.162. The number of hydrogen-bond donors (Lipinski definition) is 0. The standard InChI is InChI=1S/C18H21N2O2/c1-2-14-7-5-8-15(13-14)22-17-10-3-4-12-20(17)18-16(21)9-6-11-19-18/h5-9,11,13,17H,2-4,10,12H2,1H3. The minimum Gasteiger partial charge on any atom is -0.470 e. The third-order valence-electron chi connectivity index (χ3n) is 4.05. The molecule has 1 aliphatic rings. The van der Waals surface area contributed by atoms with E-state index in [1.165, 1.54) is 5.56 Å². The van der Waals surface area contributed by atoms with Crippen LogP contribution in [0.1, 0.15) is 31.7 Å². The number of pyridine rings is 1. The zero-order valence-corrected chi connectivity index (χ0v) is 12.9. The van der Waals surface area contributed by atoms with Gasteiger partial charge in [0.2, 0.25) is 5.75 Å². The van der Waals surface area contributed by atoms with Gasteiger partial charge in [-0.05, 0) is 49.1 Å². The number of anilines is 1. The summed E-state index contributed by atoms with van der Waals surface area (Å²) in [7, 11) is 0. The van der Waals surface area contributed by atoms with Crippen molar-refractivity contribution in [1.82, 2.24) is 4.98 Å². The summed E-state index contributed by atoms with van der Waals surface area (Å²) in [6.45, 7) is 2.94. The molecule has 1 aromatic carbocycles. The van der Waals surface area contributed by atoms with Crippen molar-refractivity contribution in [3.8, 4) is 11.5 Å². The van der Waals surface area contributed by atoms with E-state index in [9.17, 15) is 5.11 Å². The summed E-state index contributed by atoms with van der Waals surface area (Å²) in [6, 6.07) is 11.4. The molecule has 0 amide bonds. The maximum Gasteiger partial charge on any atom is 0.221 e. The Kier molecular flexibility index (Phi) is 4.47. The molecule has 0 saturated carbocycles. The van der Waals surface area contributed by atoms with Crippen molar-refractivity contribution < 1.29 is 9.84 Å². The van der Waals surface area contributed by atoms with Gasteiger partial charge in [0.15, 0.2) is 12.0 Å². The van der Waals surface area contributed by atoms with E-state index < -0.39 is 0 Å². The summed E-state index contributed by atoms with van der Waals surface area (Å²) in [5, 5.41) is 12.1. The van der Waals surface area contributed by atoms with Crippen LogP contribution in [0.3, 0.4) is 0 Å². The predicted octanol–water partition coefficient (Wildman–Crippen LogP) is 4.18. The fourth-order valence-corrected chi connectivity index (χ4v) is 2.86. The van der Waals surface area contributed by atoms with Crippen LogP contribution >= 0.6 is 0 Å². The fraction of sp³-hybridized carbons (Fsp3) is 0.389. The Balaban J connectivity index is 1.82. The van der Waals surface area contributed by atoms with Gasteiger partial charge in [0.25, 0.3) is 0 Å². The van der Waals surface area contributed by atoms with Crippen LogP contribution in [-0.2, 0) is 11.5 Å². The topological polar surface area (TPSA) is 45.3 Å². The second kappa shape index (κ2) is 6.69. The molecule has 2 heterocycles. The monoisotopic (exact) mass is 297 g/mol. The Morgan fingerprint density at radius 3 is 3.00 bits per heavy atom. The van der Waals surface area contributed by atoms with Gasteiger partial charge in [-0.3, -0.25) is 5.11 Å². The molecule has 1 fully saturated rings. The molecule has 115 valence electrons. The summed E-state index contributed by atoms with van der Waals surface area (Å²) in [4.78, 5) is 6.27. The zero-order valence-electron chi connectivity index (χ0n) is 12.9. The molecular weight excluding hydrogens is 276 g/mol. The van der Waals surface area contributed by atoms with Crippen molar-refractivity contribution in [3.05, 3.63) is 48.2 Å². The van der Waals surface area contributed by atoms with Crippen molar-refractivity contribution >= 4 is 5.82 Å². The van der Waals surface area contributed by atoms with E-state index in [4.69, 9.17) is 4.74 Å². The Bertz CT molecular complexity index is 630. The number of piperidine rings is 1. The van der Waals surface area contributed by atoms with Crippen LogP contribution in [0.15, 0.2) is 42.6 Å². The molecule has 0 aliphatic carbocycles. The van der Waals surface area contributed by atoms with Crippen molar-refractivity contribution in [3.63, 3.8) is 0 Å². The summed E-state index contributed by atoms with van der Waals surface area (Å²) >= 11 is 0. The van der Waals surface area contributed by atoms with Gasteiger partial charge >= 0.3 is 0 Å². The largest absolute Gasteiger partial charge is 0.470 e. The second-order valence-electron chi connectivity index (χ2n) is 5.59. The minimum atomic E-state index is -0.122. The lowest BCUT2D eigenvalue weighted by Gasteiger charge is -2.36. The molecule has 0 bridgehead atoms. The van der Waals surface area contributed by atoms with E-state index in [-0.39, 0.29) is 12.0 Å². The van der Waals surface area contributed by atoms with E-state index in [0.717, 1.165) is 38.0 Å². The van der Waals surface area contributed by atoms with Gasteiger partial charge in [-0.15, -0.1) is 0 Å².